The van der Waals surface area contributed by atoms with Crippen LogP contribution in [0.2, 0.25) is 0 Å². The molecule has 2 N–H and O–H groups in total. The Labute approximate surface area is 162 Å². The molecule has 2 aromatic rings. The first-order valence-electron chi connectivity index (χ1n) is 8.12. The van der Waals surface area contributed by atoms with Crippen molar-refractivity contribution in [2.75, 3.05) is 18.4 Å². The SMILES string of the molecule is CCCCNC(=O)c1ccc(OC)c(S(=O)(=O)Nc2ccc(Br)cc2)c1. The van der Waals surface area contributed by atoms with Crippen LogP contribution in [0.4, 0.5) is 5.69 Å². The van der Waals surface area contributed by atoms with Gasteiger partial charge in [-0.25, -0.2) is 8.42 Å². The number of halogens is 1. The van der Waals surface area contributed by atoms with Gasteiger partial charge in [0.25, 0.3) is 15.9 Å². The van der Waals surface area contributed by atoms with Crippen LogP contribution < -0.4 is 14.8 Å². The zero-order chi connectivity index (χ0) is 19.2. The zero-order valence-corrected chi connectivity index (χ0v) is 17.0. The van der Waals surface area contributed by atoms with Gasteiger partial charge in [-0.05, 0) is 48.9 Å². The van der Waals surface area contributed by atoms with E-state index in [1.807, 2.05) is 6.92 Å². The lowest BCUT2D eigenvalue weighted by Crippen LogP contribution is -2.25. The molecular weight excluding hydrogens is 420 g/mol. The minimum Gasteiger partial charge on any atom is -0.495 e. The Hall–Kier alpha value is -2.06. The number of ether oxygens (including phenoxy) is 1. The van der Waals surface area contributed by atoms with Crippen molar-refractivity contribution in [2.45, 2.75) is 24.7 Å². The van der Waals surface area contributed by atoms with E-state index >= 15 is 0 Å². The molecule has 0 aliphatic carbocycles. The molecule has 8 heteroatoms. The molecule has 0 unspecified atom stereocenters. The van der Waals surface area contributed by atoms with Crippen LogP contribution in [0.25, 0.3) is 0 Å². The summed E-state index contributed by atoms with van der Waals surface area (Å²) in [5.74, 6) is -0.152. The maximum Gasteiger partial charge on any atom is 0.265 e. The summed E-state index contributed by atoms with van der Waals surface area (Å²) >= 11 is 3.30. The van der Waals surface area contributed by atoms with Gasteiger partial charge in [-0.3, -0.25) is 9.52 Å². The van der Waals surface area contributed by atoms with E-state index < -0.39 is 10.0 Å². The van der Waals surface area contributed by atoms with Crippen molar-refractivity contribution >= 4 is 37.5 Å². The molecular formula is C18H21BrN2O4S. The van der Waals surface area contributed by atoms with Crippen LogP contribution in [0, 0.1) is 0 Å². The van der Waals surface area contributed by atoms with Gasteiger partial charge < -0.3 is 10.1 Å². The fraction of sp³-hybridized carbons (Fsp3) is 0.278. The number of rotatable bonds is 8. The molecule has 0 heterocycles. The van der Waals surface area contributed by atoms with E-state index in [1.165, 1.54) is 19.2 Å². The highest BCUT2D eigenvalue weighted by Gasteiger charge is 2.22. The van der Waals surface area contributed by atoms with Crippen molar-refractivity contribution in [3.05, 3.63) is 52.5 Å². The number of carbonyl (C=O) groups is 1. The van der Waals surface area contributed by atoms with Gasteiger partial charge in [-0.15, -0.1) is 0 Å². The van der Waals surface area contributed by atoms with E-state index in [9.17, 15) is 13.2 Å². The first kappa shape index (κ1) is 20.3. The first-order chi connectivity index (χ1) is 12.4. The smallest absolute Gasteiger partial charge is 0.265 e. The van der Waals surface area contributed by atoms with Crippen LogP contribution in [0.3, 0.4) is 0 Å². The number of amides is 1. The Morgan fingerprint density at radius 2 is 1.85 bits per heavy atom. The minimum absolute atomic E-state index is 0.0916. The molecule has 0 fully saturated rings. The maximum atomic E-state index is 12.8. The van der Waals surface area contributed by atoms with E-state index in [1.54, 1.807) is 30.3 Å². The summed E-state index contributed by atoms with van der Waals surface area (Å²) in [5.41, 5.74) is 0.672. The van der Waals surface area contributed by atoms with Crippen molar-refractivity contribution in [1.29, 1.82) is 0 Å². The topological polar surface area (TPSA) is 84.5 Å². The monoisotopic (exact) mass is 440 g/mol. The Morgan fingerprint density at radius 1 is 1.15 bits per heavy atom. The van der Waals surface area contributed by atoms with Crippen molar-refractivity contribution in [3.63, 3.8) is 0 Å². The summed E-state index contributed by atoms with van der Waals surface area (Å²) in [6.45, 7) is 2.57. The predicted molar refractivity (Wildman–Crippen MR) is 105 cm³/mol. The number of hydrogen-bond donors (Lipinski definition) is 2. The number of sulfonamides is 1. The molecule has 0 aliphatic heterocycles. The van der Waals surface area contributed by atoms with Gasteiger partial charge >= 0.3 is 0 Å². The third-order valence-corrected chi connectivity index (χ3v) is 5.56. The summed E-state index contributed by atoms with van der Waals surface area (Å²) in [6.07, 6.45) is 1.82. The molecule has 0 radical (unpaired) electrons. The van der Waals surface area contributed by atoms with Crippen molar-refractivity contribution in [3.8, 4) is 5.75 Å². The van der Waals surface area contributed by atoms with Crippen LogP contribution >= 0.6 is 15.9 Å². The van der Waals surface area contributed by atoms with E-state index in [-0.39, 0.29) is 22.1 Å². The minimum atomic E-state index is -3.92. The second-order valence-corrected chi connectivity index (χ2v) is 8.15. The van der Waals surface area contributed by atoms with Gasteiger partial charge in [0.05, 0.1) is 7.11 Å². The Bertz CT molecular complexity index is 867. The molecule has 0 bridgehead atoms. The summed E-state index contributed by atoms with van der Waals surface area (Å²) in [4.78, 5) is 12.1. The summed E-state index contributed by atoms with van der Waals surface area (Å²) < 4.78 is 34.0. The average Bonchev–Trinajstić information content (AvgIpc) is 2.63. The van der Waals surface area contributed by atoms with E-state index in [0.717, 1.165) is 17.3 Å². The molecule has 0 aromatic heterocycles. The third-order valence-electron chi connectivity index (χ3n) is 3.63. The number of benzene rings is 2. The van der Waals surface area contributed by atoms with Gasteiger partial charge in [0, 0.05) is 22.3 Å². The van der Waals surface area contributed by atoms with Crippen LogP contribution in [-0.4, -0.2) is 28.0 Å². The van der Waals surface area contributed by atoms with Gasteiger partial charge in [0.15, 0.2) is 0 Å². The number of nitrogens with one attached hydrogen (secondary N) is 2. The van der Waals surface area contributed by atoms with E-state index in [4.69, 9.17) is 4.74 Å². The number of anilines is 1. The molecule has 0 spiro atoms. The fourth-order valence-electron chi connectivity index (χ4n) is 2.24. The molecule has 0 saturated carbocycles. The highest BCUT2D eigenvalue weighted by Crippen LogP contribution is 2.27. The Morgan fingerprint density at radius 3 is 2.46 bits per heavy atom. The lowest BCUT2D eigenvalue weighted by Gasteiger charge is -2.13. The standard InChI is InChI=1S/C18H21BrN2O4S/c1-3-4-11-20-18(22)13-5-10-16(25-2)17(12-13)26(23,24)21-15-8-6-14(19)7-9-15/h5-10,12,21H,3-4,11H2,1-2H3,(H,20,22). The van der Waals surface area contributed by atoms with Gasteiger partial charge in [-0.2, -0.15) is 0 Å². The highest BCUT2D eigenvalue weighted by molar-refractivity contribution is 9.10. The van der Waals surface area contributed by atoms with Crippen LogP contribution in [0.5, 0.6) is 5.75 Å². The molecule has 26 heavy (non-hydrogen) atoms. The summed E-state index contributed by atoms with van der Waals surface area (Å²) in [7, 11) is -2.54. The molecule has 1 amide bonds. The lowest BCUT2D eigenvalue weighted by atomic mass is 10.2. The lowest BCUT2D eigenvalue weighted by molar-refractivity contribution is 0.0953. The molecule has 6 nitrogen and oxygen atoms in total. The number of unbranched alkanes of at least 4 members (excludes halogenated alkanes) is 1. The van der Waals surface area contributed by atoms with Crippen LogP contribution in [0.15, 0.2) is 51.8 Å². The van der Waals surface area contributed by atoms with Crippen molar-refractivity contribution < 1.29 is 17.9 Å². The highest BCUT2D eigenvalue weighted by atomic mass is 79.9. The maximum absolute atomic E-state index is 12.8. The molecule has 2 rings (SSSR count). The summed E-state index contributed by atoms with van der Waals surface area (Å²) in [6, 6.07) is 11.1. The molecule has 0 aliphatic rings. The molecule has 140 valence electrons. The van der Waals surface area contributed by atoms with Gasteiger partial charge in [-0.1, -0.05) is 29.3 Å². The number of methoxy groups -OCH3 is 1. The van der Waals surface area contributed by atoms with Crippen molar-refractivity contribution in [2.24, 2.45) is 0 Å². The van der Waals surface area contributed by atoms with E-state index in [2.05, 4.69) is 26.0 Å². The molecule has 2 aromatic carbocycles. The van der Waals surface area contributed by atoms with E-state index in [0.29, 0.717) is 12.2 Å². The molecule has 0 saturated heterocycles. The molecule has 0 atom stereocenters. The number of hydrogen-bond acceptors (Lipinski definition) is 4. The van der Waals surface area contributed by atoms with Crippen molar-refractivity contribution in [1.82, 2.24) is 5.32 Å². The Kier molecular flexibility index (Phi) is 7.05. The quantitative estimate of drug-likeness (QED) is 0.611. The third kappa shape index (κ3) is 5.22. The normalized spacial score (nSPS) is 11.0. The number of carbonyl (C=O) groups excluding carboxylic acids is 1. The van der Waals surface area contributed by atoms with Crippen LogP contribution in [-0.2, 0) is 10.0 Å². The van der Waals surface area contributed by atoms with Crippen LogP contribution in [0.1, 0.15) is 30.1 Å². The summed E-state index contributed by atoms with van der Waals surface area (Å²) in [5, 5.41) is 2.77. The van der Waals surface area contributed by atoms with Gasteiger partial charge in [0.2, 0.25) is 0 Å². The average molecular weight is 441 g/mol. The first-order valence-corrected chi connectivity index (χ1v) is 10.4. The largest absolute Gasteiger partial charge is 0.495 e. The second kappa shape index (κ2) is 9.05. The second-order valence-electron chi connectivity index (χ2n) is 5.59. The van der Waals surface area contributed by atoms with Gasteiger partial charge in [0.1, 0.15) is 10.6 Å². The fourth-order valence-corrected chi connectivity index (χ4v) is 3.76. The predicted octanol–water partition coefficient (Wildman–Crippen LogP) is 3.79. The zero-order valence-electron chi connectivity index (χ0n) is 14.6. The Balaban J connectivity index is 2.31.